The minimum atomic E-state index is -3.67. The van der Waals surface area contributed by atoms with Gasteiger partial charge < -0.3 is 9.08 Å². The van der Waals surface area contributed by atoms with Crippen LogP contribution in [-0.4, -0.2) is 57.5 Å². The molecule has 0 saturated carbocycles. The van der Waals surface area contributed by atoms with E-state index in [4.69, 9.17) is 4.18 Å². The van der Waals surface area contributed by atoms with Gasteiger partial charge in [-0.3, -0.25) is 4.90 Å². The summed E-state index contributed by atoms with van der Waals surface area (Å²) >= 11 is 0. The Balaban J connectivity index is 1.80. The highest BCUT2D eigenvalue weighted by Crippen LogP contribution is 2.45. The molecule has 2 atom stereocenters. The second kappa shape index (κ2) is 6.74. The lowest BCUT2D eigenvalue weighted by atomic mass is 9.87. The predicted molar refractivity (Wildman–Crippen MR) is 97.5 cm³/mol. The number of nitrogens with zero attached hydrogens (tertiary/aromatic N) is 2. The third-order valence-electron chi connectivity index (χ3n) is 5.69. The van der Waals surface area contributed by atoms with Gasteiger partial charge in [-0.05, 0) is 37.4 Å². The van der Waals surface area contributed by atoms with Crippen molar-refractivity contribution in [2.24, 2.45) is 0 Å². The van der Waals surface area contributed by atoms with Crippen molar-refractivity contribution < 1.29 is 12.6 Å². The third kappa shape index (κ3) is 3.23. The summed E-state index contributed by atoms with van der Waals surface area (Å²) in [7, 11) is -1.55. The van der Waals surface area contributed by atoms with Gasteiger partial charge in [-0.2, -0.15) is 8.42 Å². The molecule has 25 heavy (non-hydrogen) atoms. The number of likely N-dealkylation sites (N-methyl/N-ethyl adjacent to an activating group) is 1. The van der Waals surface area contributed by atoms with Crippen LogP contribution < -0.4 is 0 Å². The number of benzene rings is 1. The van der Waals surface area contributed by atoms with E-state index in [1.165, 1.54) is 5.57 Å². The Labute approximate surface area is 150 Å². The Hall–Kier alpha value is -1.37. The van der Waals surface area contributed by atoms with Gasteiger partial charge in [0.15, 0.2) is 0 Å². The van der Waals surface area contributed by atoms with E-state index in [0.29, 0.717) is 0 Å². The smallest absolute Gasteiger partial charge is 0.317 e. The molecule has 0 amide bonds. The van der Waals surface area contributed by atoms with Crippen molar-refractivity contribution >= 4 is 10.1 Å². The van der Waals surface area contributed by atoms with Gasteiger partial charge in [0, 0.05) is 32.6 Å². The average Bonchev–Trinajstić information content (AvgIpc) is 2.61. The Kier molecular flexibility index (Phi) is 4.60. The van der Waals surface area contributed by atoms with Gasteiger partial charge in [0.05, 0.1) is 6.04 Å². The minimum absolute atomic E-state index is 0.0925. The average molecular weight is 362 g/mol. The van der Waals surface area contributed by atoms with Gasteiger partial charge in [0.1, 0.15) is 11.0 Å². The van der Waals surface area contributed by atoms with Crippen LogP contribution in [0.25, 0.3) is 0 Å². The zero-order chi connectivity index (χ0) is 17.4. The maximum Gasteiger partial charge on any atom is 0.317 e. The van der Waals surface area contributed by atoms with Crippen molar-refractivity contribution in [2.75, 3.05) is 33.2 Å². The topological polar surface area (TPSA) is 49.9 Å². The van der Waals surface area contributed by atoms with Crippen molar-refractivity contribution in [1.29, 1.82) is 0 Å². The quantitative estimate of drug-likeness (QED) is 0.757. The first-order chi connectivity index (χ1) is 12.1. The van der Waals surface area contributed by atoms with Crippen molar-refractivity contribution in [3.63, 3.8) is 0 Å². The molecule has 1 saturated heterocycles. The first-order valence-corrected chi connectivity index (χ1v) is 10.7. The van der Waals surface area contributed by atoms with Crippen LogP contribution in [0.1, 0.15) is 36.5 Å². The fourth-order valence-electron chi connectivity index (χ4n) is 4.35. The molecule has 0 unspecified atom stereocenters. The first-order valence-electron chi connectivity index (χ1n) is 9.19. The Morgan fingerprint density at radius 3 is 2.40 bits per heavy atom. The van der Waals surface area contributed by atoms with Crippen LogP contribution in [0.3, 0.4) is 0 Å². The lowest BCUT2D eigenvalue weighted by molar-refractivity contribution is 0.111. The van der Waals surface area contributed by atoms with Crippen LogP contribution in [0.2, 0.25) is 0 Å². The van der Waals surface area contributed by atoms with E-state index in [9.17, 15) is 8.42 Å². The molecule has 5 nitrogen and oxygen atoms in total. The second-order valence-electron chi connectivity index (χ2n) is 7.35. The predicted octanol–water partition coefficient (Wildman–Crippen LogP) is 2.53. The minimum Gasteiger partial charge on any atom is -0.386 e. The molecule has 1 aromatic rings. The fraction of sp³-hybridized carbons (Fsp3) is 0.579. The van der Waals surface area contributed by atoms with Gasteiger partial charge in [0.25, 0.3) is 0 Å². The summed E-state index contributed by atoms with van der Waals surface area (Å²) in [4.78, 5) is 4.68. The molecular formula is C19H26N2O3S. The zero-order valence-electron chi connectivity index (χ0n) is 14.7. The summed E-state index contributed by atoms with van der Waals surface area (Å²) in [6.45, 7) is 3.75. The molecule has 0 aromatic heterocycles. The highest BCUT2D eigenvalue weighted by Gasteiger charge is 2.47. The molecule has 3 aliphatic rings. The second-order valence-corrected chi connectivity index (χ2v) is 9.01. The van der Waals surface area contributed by atoms with Crippen LogP contribution in [0.4, 0.5) is 0 Å². The van der Waals surface area contributed by atoms with Gasteiger partial charge in [-0.15, -0.1) is 0 Å². The number of piperazine rings is 1. The van der Waals surface area contributed by atoms with E-state index in [2.05, 4.69) is 16.8 Å². The summed E-state index contributed by atoms with van der Waals surface area (Å²) < 4.78 is 31.7. The zero-order valence-corrected chi connectivity index (χ0v) is 15.5. The molecule has 0 bridgehead atoms. The molecule has 0 N–H and O–H groups in total. The SMILES string of the molecule is CN1CCN([C@@H]2C3=C(CCCC3)OS(=O)(=O)[C@H]2c2ccccc2)CC1. The maximum atomic E-state index is 13.1. The van der Waals surface area contributed by atoms with Gasteiger partial charge in [-0.25, -0.2) is 0 Å². The van der Waals surface area contributed by atoms with Crippen LogP contribution in [0, 0.1) is 0 Å². The molecule has 136 valence electrons. The molecule has 1 aromatic carbocycles. The molecule has 6 heteroatoms. The monoisotopic (exact) mass is 362 g/mol. The van der Waals surface area contributed by atoms with Crippen LogP contribution in [0.15, 0.2) is 41.7 Å². The normalized spacial score (nSPS) is 30.6. The third-order valence-corrected chi connectivity index (χ3v) is 7.27. The molecule has 0 spiro atoms. The number of allylic oxidation sites excluding steroid dienone is 1. The summed E-state index contributed by atoms with van der Waals surface area (Å²) in [5, 5.41) is -0.631. The first kappa shape index (κ1) is 17.1. The maximum absolute atomic E-state index is 13.1. The standard InChI is InChI=1S/C19H26N2O3S/c1-20-11-13-21(14-12-20)18-16-9-5-6-10-17(16)24-25(22,23)19(18)15-7-3-2-4-8-15/h2-4,7-8,18-19H,5-6,9-14H2,1H3/t18-,19+/m1/s1. The Morgan fingerprint density at radius 1 is 1.00 bits per heavy atom. The largest absolute Gasteiger partial charge is 0.386 e. The number of hydrogen-bond acceptors (Lipinski definition) is 5. The number of hydrogen-bond donors (Lipinski definition) is 0. The molecule has 2 aliphatic heterocycles. The molecule has 4 rings (SSSR count). The highest BCUT2D eigenvalue weighted by atomic mass is 32.2. The molecule has 1 aliphatic carbocycles. The van der Waals surface area contributed by atoms with Gasteiger partial charge in [-0.1, -0.05) is 30.3 Å². The lowest BCUT2D eigenvalue weighted by Gasteiger charge is -2.45. The van der Waals surface area contributed by atoms with Gasteiger partial charge in [0.2, 0.25) is 0 Å². The Morgan fingerprint density at radius 2 is 1.68 bits per heavy atom. The molecular weight excluding hydrogens is 336 g/mol. The molecule has 1 fully saturated rings. The summed E-state index contributed by atoms with van der Waals surface area (Å²) in [5.41, 5.74) is 2.06. The van der Waals surface area contributed by atoms with E-state index in [1.54, 1.807) is 0 Å². The molecule has 2 heterocycles. The summed E-state index contributed by atoms with van der Waals surface area (Å²) in [6.07, 6.45) is 3.83. The number of rotatable bonds is 2. The van der Waals surface area contributed by atoms with Crippen LogP contribution in [0.5, 0.6) is 0 Å². The van der Waals surface area contributed by atoms with Crippen LogP contribution in [-0.2, 0) is 14.3 Å². The van der Waals surface area contributed by atoms with Crippen molar-refractivity contribution in [1.82, 2.24) is 9.80 Å². The van der Waals surface area contributed by atoms with E-state index >= 15 is 0 Å². The molecule has 0 radical (unpaired) electrons. The lowest BCUT2D eigenvalue weighted by Crippen LogP contribution is -2.54. The van der Waals surface area contributed by atoms with E-state index < -0.39 is 15.4 Å². The summed E-state index contributed by atoms with van der Waals surface area (Å²) in [5.74, 6) is 0.724. The summed E-state index contributed by atoms with van der Waals surface area (Å²) in [6, 6.07) is 9.50. The van der Waals surface area contributed by atoms with E-state index in [1.807, 2.05) is 30.3 Å². The van der Waals surface area contributed by atoms with E-state index in [0.717, 1.165) is 63.2 Å². The Bertz CT molecular complexity index is 752. The van der Waals surface area contributed by atoms with E-state index in [-0.39, 0.29) is 6.04 Å². The van der Waals surface area contributed by atoms with Crippen molar-refractivity contribution in [3.05, 3.63) is 47.2 Å². The van der Waals surface area contributed by atoms with Crippen molar-refractivity contribution in [2.45, 2.75) is 37.0 Å². The highest BCUT2D eigenvalue weighted by molar-refractivity contribution is 7.87. The van der Waals surface area contributed by atoms with Crippen LogP contribution >= 0.6 is 0 Å². The van der Waals surface area contributed by atoms with Crippen molar-refractivity contribution in [3.8, 4) is 0 Å². The van der Waals surface area contributed by atoms with Gasteiger partial charge >= 0.3 is 10.1 Å². The fourth-order valence-corrected chi connectivity index (χ4v) is 6.06.